The zero-order valence-corrected chi connectivity index (χ0v) is 12.0. The fourth-order valence-corrected chi connectivity index (χ4v) is 2.17. The van der Waals surface area contributed by atoms with Crippen LogP contribution in [-0.2, 0) is 11.2 Å². The molecule has 0 aliphatic carbocycles. The minimum Gasteiger partial charge on any atom is -0.486 e. The third-order valence-electron chi connectivity index (χ3n) is 3.22. The fourth-order valence-electron chi connectivity index (χ4n) is 2.17. The van der Waals surface area contributed by atoms with Crippen LogP contribution in [0.4, 0.5) is 0 Å². The molecule has 2 aromatic carbocycles. The van der Waals surface area contributed by atoms with Gasteiger partial charge in [-0.1, -0.05) is 30.3 Å². The molecule has 0 heterocycles. The Morgan fingerprint density at radius 3 is 2.27 bits per heavy atom. The van der Waals surface area contributed by atoms with Crippen molar-refractivity contribution < 1.29 is 24.5 Å². The van der Waals surface area contributed by atoms with E-state index in [4.69, 9.17) is 9.84 Å². The lowest BCUT2D eigenvalue weighted by atomic mass is 10.0. The quantitative estimate of drug-likeness (QED) is 0.856. The highest BCUT2D eigenvalue weighted by Crippen LogP contribution is 2.24. The molecule has 0 aliphatic heterocycles. The standard InChI is InChI=1S/C17H16O5/c1-11(14-4-2-3-5-15(14)17(20)21)22-13-8-6-12(7-9-13)10-16(18)19/h2-9,11H,10H2,1H3,(H,18,19)(H,20,21). The highest BCUT2D eigenvalue weighted by molar-refractivity contribution is 5.89. The fraction of sp³-hybridized carbons (Fsp3) is 0.176. The summed E-state index contributed by atoms with van der Waals surface area (Å²) in [6.45, 7) is 1.77. The van der Waals surface area contributed by atoms with Gasteiger partial charge in [0.25, 0.3) is 0 Å². The molecule has 1 unspecified atom stereocenters. The number of aromatic carboxylic acids is 1. The Hall–Kier alpha value is -2.82. The normalized spacial score (nSPS) is 11.7. The average Bonchev–Trinajstić information content (AvgIpc) is 2.48. The molecular weight excluding hydrogens is 284 g/mol. The summed E-state index contributed by atoms with van der Waals surface area (Å²) in [5, 5.41) is 17.9. The predicted molar refractivity (Wildman–Crippen MR) is 80.2 cm³/mol. The number of carboxylic acid groups (broad SMARTS) is 2. The van der Waals surface area contributed by atoms with E-state index in [2.05, 4.69) is 0 Å². The van der Waals surface area contributed by atoms with Gasteiger partial charge in [0.15, 0.2) is 0 Å². The molecular formula is C17H16O5. The van der Waals surface area contributed by atoms with Crippen LogP contribution in [0.3, 0.4) is 0 Å². The highest BCUT2D eigenvalue weighted by atomic mass is 16.5. The smallest absolute Gasteiger partial charge is 0.336 e. The minimum absolute atomic E-state index is 0.0440. The van der Waals surface area contributed by atoms with Crippen LogP contribution in [0.5, 0.6) is 5.75 Å². The molecule has 0 bridgehead atoms. The summed E-state index contributed by atoms with van der Waals surface area (Å²) in [6.07, 6.45) is -0.477. The number of carboxylic acids is 2. The van der Waals surface area contributed by atoms with Gasteiger partial charge in [-0.2, -0.15) is 0 Å². The van der Waals surface area contributed by atoms with Gasteiger partial charge in [-0.25, -0.2) is 4.79 Å². The van der Waals surface area contributed by atoms with Crippen molar-refractivity contribution in [3.05, 3.63) is 65.2 Å². The van der Waals surface area contributed by atoms with E-state index in [1.54, 1.807) is 49.4 Å². The molecule has 1 atom stereocenters. The van der Waals surface area contributed by atoms with Gasteiger partial charge in [-0.05, 0) is 30.7 Å². The molecule has 0 aromatic heterocycles. The second-order valence-electron chi connectivity index (χ2n) is 4.87. The summed E-state index contributed by atoms with van der Waals surface area (Å²) in [6, 6.07) is 13.4. The first-order valence-corrected chi connectivity index (χ1v) is 6.77. The first-order chi connectivity index (χ1) is 10.5. The molecule has 0 radical (unpaired) electrons. The monoisotopic (exact) mass is 300 g/mol. The number of benzene rings is 2. The third kappa shape index (κ3) is 3.85. The summed E-state index contributed by atoms with van der Waals surface area (Å²) in [5.74, 6) is -1.33. The maximum atomic E-state index is 11.2. The Labute approximate surface area is 127 Å². The maximum absolute atomic E-state index is 11.2. The van der Waals surface area contributed by atoms with Crippen LogP contribution in [-0.4, -0.2) is 22.2 Å². The van der Waals surface area contributed by atoms with Gasteiger partial charge in [-0.15, -0.1) is 0 Å². The van der Waals surface area contributed by atoms with Crippen molar-refractivity contribution >= 4 is 11.9 Å². The number of hydrogen-bond donors (Lipinski definition) is 2. The predicted octanol–water partition coefficient (Wildman–Crippen LogP) is 3.15. The molecule has 2 rings (SSSR count). The zero-order chi connectivity index (χ0) is 16.1. The molecule has 0 fully saturated rings. The van der Waals surface area contributed by atoms with Crippen LogP contribution in [0.2, 0.25) is 0 Å². The van der Waals surface area contributed by atoms with Crippen molar-refractivity contribution in [3.8, 4) is 5.75 Å². The Bertz CT molecular complexity index is 676. The largest absolute Gasteiger partial charge is 0.486 e. The van der Waals surface area contributed by atoms with Crippen LogP contribution in [0.1, 0.15) is 34.5 Å². The molecule has 22 heavy (non-hydrogen) atoms. The van der Waals surface area contributed by atoms with Crippen LogP contribution in [0.25, 0.3) is 0 Å². The number of carbonyl (C=O) groups is 2. The molecule has 0 saturated carbocycles. The summed E-state index contributed by atoms with van der Waals surface area (Å²) in [4.78, 5) is 21.8. The summed E-state index contributed by atoms with van der Waals surface area (Å²) < 4.78 is 5.74. The summed E-state index contributed by atoms with van der Waals surface area (Å²) in [7, 11) is 0. The molecule has 5 nitrogen and oxygen atoms in total. The highest BCUT2D eigenvalue weighted by Gasteiger charge is 2.16. The van der Waals surface area contributed by atoms with E-state index in [0.29, 0.717) is 16.9 Å². The molecule has 5 heteroatoms. The SMILES string of the molecule is CC(Oc1ccc(CC(=O)O)cc1)c1ccccc1C(=O)O. The first-order valence-electron chi connectivity index (χ1n) is 6.77. The van der Waals surface area contributed by atoms with Gasteiger partial charge in [0.05, 0.1) is 12.0 Å². The van der Waals surface area contributed by atoms with Gasteiger partial charge in [-0.3, -0.25) is 4.79 Å². The average molecular weight is 300 g/mol. The van der Waals surface area contributed by atoms with Gasteiger partial charge in [0.2, 0.25) is 0 Å². The minimum atomic E-state index is -0.997. The Kier molecular flexibility index (Phi) is 4.78. The third-order valence-corrected chi connectivity index (χ3v) is 3.22. The van der Waals surface area contributed by atoms with Crippen molar-refractivity contribution in [1.29, 1.82) is 0 Å². The molecule has 0 amide bonds. The Balaban J connectivity index is 2.13. The lowest BCUT2D eigenvalue weighted by Gasteiger charge is -2.17. The number of aliphatic carboxylic acids is 1. The van der Waals surface area contributed by atoms with Gasteiger partial charge < -0.3 is 14.9 Å². The second kappa shape index (κ2) is 6.76. The van der Waals surface area contributed by atoms with Crippen LogP contribution < -0.4 is 4.74 Å². The van der Waals surface area contributed by atoms with Crippen LogP contribution in [0.15, 0.2) is 48.5 Å². The molecule has 0 aliphatic rings. The topological polar surface area (TPSA) is 83.8 Å². The van der Waals surface area contributed by atoms with Crippen LogP contribution >= 0.6 is 0 Å². The van der Waals surface area contributed by atoms with E-state index in [-0.39, 0.29) is 12.0 Å². The summed E-state index contributed by atoms with van der Waals surface area (Å²) in [5.41, 5.74) is 1.47. The van der Waals surface area contributed by atoms with Crippen molar-refractivity contribution in [1.82, 2.24) is 0 Å². The van der Waals surface area contributed by atoms with E-state index in [1.165, 1.54) is 6.07 Å². The van der Waals surface area contributed by atoms with E-state index in [9.17, 15) is 14.7 Å². The molecule has 114 valence electrons. The number of hydrogen-bond acceptors (Lipinski definition) is 3. The van der Waals surface area contributed by atoms with E-state index >= 15 is 0 Å². The molecule has 2 aromatic rings. The lowest BCUT2D eigenvalue weighted by molar-refractivity contribution is -0.136. The van der Waals surface area contributed by atoms with Gasteiger partial charge >= 0.3 is 11.9 Å². The van der Waals surface area contributed by atoms with Crippen molar-refractivity contribution in [2.45, 2.75) is 19.4 Å². The Morgan fingerprint density at radius 2 is 1.68 bits per heavy atom. The zero-order valence-electron chi connectivity index (χ0n) is 12.0. The Morgan fingerprint density at radius 1 is 1.05 bits per heavy atom. The van der Waals surface area contributed by atoms with Crippen molar-refractivity contribution in [2.24, 2.45) is 0 Å². The number of rotatable bonds is 6. The van der Waals surface area contributed by atoms with Crippen LogP contribution in [0, 0.1) is 0 Å². The van der Waals surface area contributed by atoms with E-state index in [0.717, 1.165) is 0 Å². The van der Waals surface area contributed by atoms with Crippen molar-refractivity contribution in [2.75, 3.05) is 0 Å². The van der Waals surface area contributed by atoms with E-state index < -0.39 is 18.0 Å². The first kappa shape index (κ1) is 15.6. The molecule has 2 N–H and O–H groups in total. The van der Waals surface area contributed by atoms with Gasteiger partial charge in [0.1, 0.15) is 11.9 Å². The summed E-state index contributed by atoms with van der Waals surface area (Å²) >= 11 is 0. The molecule has 0 saturated heterocycles. The molecule has 0 spiro atoms. The second-order valence-corrected chi connectivity index (χ2v) is 4.87. The van der Waals surface area contributed by atoms with Gasteiger partial charge in [0, 0.05) is 5.56 Å². The lowest BCUT2D eigenvalue weighted by Crippen LogP contribution is -2.10. The van der Waals surface area contributed by atoms with E-state index in [1.807, 2.05) is 0 Å². The van der Waals surface area contributed by atoms with Crippen molar-refractivity contribution in [3.63, 3.8) is 0 Å². The number of ether oxygens (including phenoxy) is 1. The maximum Gasteiger partial charge on any atom is 0.336 e.